The average molecular weight is 1010 g/mol. The lowest BCUT2D eigenvalue weighted by Gasteiger charge is -2.29. The van der Waals surface area contributed by atoms with Crippen molar-refractivity contribution < 1.29 is 43.2 Å². The van der Waals surface area contributed by atoms with E-state index in [1.807, 2.05) is 35.0 Å². The second kappa shape index (κ2) is 33.7. The largest absolute Gasteiger partial charge is 0.480 e. The molecule has 0 spiro atoms. The Hall–Kier alpha value is -4.94. The van der Waals surface area contributed by atoms with E-state index in [2.05, 4.69) is 57.8 Å². The van der Waals surface area contributed by atoms with Crippen molar-refractivity contribution in [3.05, 3.63) is 18.2 Å². The molecule has 0 aromatic carbocycles. The number of amides is 6. The number of carbonyl (C=O) groups excluding carboxylic acids is 6. The SMILES string of the molecule is CC(C)C[C@H](NC(=O)[C@@H](NC(=O)[C@@H](CCCC[N+](C)(C)C)NC(=O)[C@H](CCCNC(N)N)NC(=O)[C@H](Cc1cnc[nH]1)NC(=O)[C@@H](N)CCCNC(N)N)C(C)C)C(=O)N[C@@H](CCCNC(N)N)C(=O)O. The number of nitrogens with two attached hydrogens (primary N) is 7. The Morgan fingerprint density at radius 2 is 1.00 bits per heavy atom. The zero-order valence-electron chi connectivity index (χ0n) is 42.9. The van der Waals surface area contributed by atoms with Gasteiger partial charge in [-0.1, -0.05) is 27.7 Å². The highest BCUT2D eigenvalue weighted by Crippen LogP contribution is 2.13. The van der Waals surface area contributed by atoms with Gasteiger partial charge in [-0.15, -0.1) is 0 Å². The molecule has 1 aromatic rings. The van der Waals surface area contributed by atoms with E-state index < -0.39 is 108 Å². The van der Waals surface area contributed by atoms with Gasteiger partial charge in [-0.3, -0.25) is 44.7 Å². The number of nitrogens with zero attached hydrogens (tertiary/aromatic N) is 2. The fourth-order valence-corrected chi connectivity index (χ4v) is 7.28. The maximum absolute atomic E-state index is 14.4. The molecule has 0 aliphatic heterocycles. The van der Waals surface area contributed by atoms with Gasteiger partial charge < -0.3 is 86.6 Å². The van der Waals surface area contributed by atoms with Gasteiger partial charge in [0, 0.05) is 18.3 Å². The molecule has 1 heterocycles. The lowest BCUT2D eigenvalue weighted by molar-refractivity contribution is -0.870. The molecule has 25 N–H and O–H groups in total. The van der Waals surface area contributed by atoms with E-state index in [1.54, 1.807) is 13.8 Å². The van der Waals surface area contributed by atoms with Gasteiger partial charge in [0.1, 0.15) is 55.1 Å². The van der Waals surface area contributed by atoms with Crippen LogP contribution in [0.5, 0.6) is 0 Å². The lowest BCUT2D eigenvalue weighted by atomic mass is 9.98. The van der Waals surface area contributed by atoms with Crippen LogP contribution in [0.15, 0.2) is 12.5 Å². The number of aromatic nitrogens is 2. The van der Waals surface area contributed by atoms with Crippen molar-refractivity contribution in [3.63, 3.8) is 0 Å². The molecule has 0 aliphatic carbocycles. The summed E-state index contributed by atoms with van der Waals surface area (Å²) in [4.78, 5) is 103. The third-order valence-electron chi connectivity index (χ3n) is 11.2. The monoisotopic (exact) mass is 1010 g/mol. The minimum atomic E-state index is -1.27. The third-order valence-corrected chi connectivity index (χ3v) is 11.2. The Bertz CT molecular complexity index is 1750. The molecule has 0 fully saturated rings. The van der Waals surface area contributed by atoms with Crippen LogP contribution in [0.1, 0.15) is 97.6 Å². The number of hydrogen-bond acceptors (Lipinski definition) is 18. The first-order valence-electron chi connectivity index (χ1n) is 24.5. The van der Waals surface area contributed by atoms with E-state index in [0.717, 1.165) is 6.54 Å². The molecule has 0 unspecified atom stereocenters. The summed E-state index contributed by atoms with van der Waals surface area (Å²) in [6.45, 7) is 8.79. The van der Waals surface area contributed by atoms with Crippen molar-refractivity contribution in [3.8, 4) is 0 Å². The van der Waals surface area contributed by atoms with Crippen molar-refractivity contribution in [1.29, 1.82) is 0 Å². The summed E-state index contributed by atoms with van der Waals surface area (Å²) in [7, 11) is 6.07. The van der Waals surface area contributed by atoms with Gasteiger partial charge in [0.25, 0.3) is 0 Å². The van der Waals surface area contributed by atoms with E-state index in [-0.39, 0.29) is 51.0 Å². The molecule has 27 heteroatoms. The second-order valence-electron chi connectivity index (χ2n) is 19.8. The highest BCUT2D eigenvalue weighted by atomic mass is 16.4. The van der Waals surface area contributed by atoms with Gasteiger partial charge >= 0.3 is 5.97 Å². The van der Waals surface area contributed by atoms with Crippen LogP contribution in [0, 0.1) is 11.8 Å². The summed E-state index contributed by atoms with van der Waals surface area (Å²) in [5.41, 5.74) is 40.2. The summed E-state index contributed by atoms with van der Waals surface area (Å²) in [5.74, 6) is -6.05. The maximum Gasteiger partial charge on any atom is 0.326 e. The number of carboxylic acids is 1. The molecule has 408 valence electrons. The van der Waals surface area contributed by atoms with Crippen molar-refractivity contribution in [1.82, 2.24) is 57.8 Å². The third kappa shape index (κ3) is 28.6. The van der Waals surface area contributed by atoms with Gasteiger partial charge in [0.15, 0.2) is 0 Å². The molecule has 7 atom stereocenters. The number of unbranched alkanes of at least 4 members (excludes halogenated alkanes) is 1. The summed E-state index contributed by atoms with van der Waals surface area (Å²) in [5, 5.41) is 34.7. The van der Waals surface area contributed by atoms with Crippen molar-refractivity contribution in [2.24, 2.45) is 52.0 Å². The first kappa shape index (κ1) is 64.1. The number of hydrogen-bond donors (Lipinski definition) is 18. The second-order valence-corrected chi connectivity index (χ2v) is 19.8. The molecule has 27 nitrogen and oxygen atoms in total. The molecular weight excluding hydrogens is 923 g/mol. The van der Waals surface area contributed by atoms with Crippen molar-refractivity contribution in [2.45, 2.75) is 159 Å². The van der Waals surface area contributed by atoms with E-state index in [4.69, 9.17) is 40.1 Å². The molecule has 0 saturated heterocycles. The van der Waals surface area contributed by atoms with Crippen LogP contribution >= 0.6 is 0 Å². The minimum Gasteiger partial charge on any atom is -0.480 e. The van der Waals surface area contributed by atoms with E-state index >= 15 is 0 Å². The molecule has 0 aliphatic rings. The van der Waals surface area contributed by atoms with E-state index in [9.17, 15) is 38.7 Å². The van der Waals surface area contributed by atoms with Gasteiger partial charge in [-0.25, -0.2) is 9.78 Å². The normalized spacial score (nSPS) is 14.9. The molecule has 0 radical (unpaired) electrons. The number of nitrogens with one attached hydrogen (secondary N) is 10. The first-order chi connectivity index (χ1) is 33.2. The Morgan fingerprint density at radius 1 is 0.563 bits per heavy atom. The molecule has 1 rings (SSSR count). The number of rotatable bonds is 38. The smallest absolute Gasteiger partial charge is 0.326 e. The van der Waals surface area contributed by atoms with Crippen LogP contribution < -0.4 is 88.0 Å². The average Bonchev–Trinajstić information content (AvgIpc) is 3.78. The van der Waals surface area contributed by atoms with Crippen LogP contribution in [0.3, 0.4) is 0 Å². The van der Waals surface area contributed by atoms with E-state index in [0.29, 0.717) is 55.4 Å². The Morgan fingerprint density at radius 3 is 1.46 bits per heavy atom. The fraction of sp³-hybridized carbons (Fsp3) is 0.773. The first-order valence-corrected chi connectivity index (χ1v) is 24.5. The Balaban J connectivity index is 3.48. The number of aliphatic carboxylic acids is 1. The zero-order chi connectivity index (χ0) is 53.8. The van der Waals surface area contributed by atoms with Gasteiger partial charge in [0.2, 0.25) is 35.4 Å². The van der Waals surface area contributed by atoms with Crippen LogP contribution in [0.4, 0.5) is 0 Å². The topological polar surface area (TPSA) is 459 Å². The lowest BCUT2D eigenvalue weighted by Crippen LogP contribution is -2.61. The Labute approximate surface area is 418 Å². The zero-order valence-corrected chi connectivity index (χ0v) is 42.9. The number of H-pyrrole nitrogens is 1. The molecular formula is C44H90N19O8+. The number of aromatic amines is 1. The molecule has 71 heavy (non-hydrogen) atoms. The van der Waals surface area contributed by atoms with Gasteiger partial charge in [-0.2, -0.15) is 0 Å². The van der Waals surface area contributed by atoms with Crippen LogP contribution in [-0.2, 0) is 40.0 Å². The number of carbonyl (C=O) groups is 7. The van der Waals surface area contributed by atoms with Crippen molar-refractivity contribution >= 4 is 41.4 Å². The predicted molar refractivity (Wildman–Crippen MR) is 269 cm³/mol. The summed E-state index contributed by atoms with van der Waals surface area (Å²) >= 11 is 0. The number of quaternary nitrogens is 1. The summed E-state index contributed by atoms with van der Waals surface area (Å²) in [6.07, 6.45) is 3.39. The van der Waals surface area contributed by atoms with Crippen LogP contribution in [-0.4, -0.2) is 169 Å². The highest BCUT2D eigenvalue weighted by Gasteiger charge is 2.35. The minimum absolute atomic E-state index is 0.0376. The van der Waals surface area contributed by atoms with Gasteiger partial charge in [0.05, 0.1) is 40.1 Å². The number of carboxylic acid groups (broad SMARTS) is 1. The molecule has 0 saturated carbocycles. The molecule has 0 bridgehead atoms. The van der Waals surface area contributed by atoms with Crippen molar-refractivity contribution in [2.75, 3.05) is 47.3 Å². The summed E-state index contributed by atoms with van der Waals surface area (Å²) < 4.78 is 0.646. The number of imidazole rings is 1. The van der Waals surface area contributed by atoms with Crippen LogP contribution in [0.2, 0.25) is 0 Å². The van der Waals surface area contributed by atoms with Gasteiger partial charge in [-0.05, 0) is 95.7 Å². The standard InChI is InChI=1S/C44H89N19O8/c1-25(2)21-32(38(67)59-31(41(70)71)16-12-19-55-44(50)51)61-40(69)34(26(3)4)62-37(66)29(14-8-9-20-63(5,6)7)57-36(65)30(15-11-18-54-43(48)49)58-39(68)33(22-27-23-52-24-56-27)60-35(64)28(45)13-10-17-53-42(46)47/h23-26,28-34,42-44,53-55H,8-22,45-51H2,1-7H3,(H7-,52,56,57,58,59,60,61,62,64,65,66,67,68,69,70,71)/p+1/t28-,29+,30-,31-,32-,33-,34-/m0/s1. The predicted octanol–water partition coefficient (Wildman–Crippen LogP) is -5.44. The summed E-state index contributed by atoms with van der Waals surface area (Å²) in [6, 6.07) is -8.29. The Kier molecular flexibility index (Phi) is 30.4. The molecule has 6 amide bonds. The maximum atomic E-state index is 14.4. The van der Waals surface area contributed by atoms with Crippen LogP contribution in [0.25, 0.3) is 0 Å². The fourth-order valence-electron chi connectivity index (χ4n) is 7.28. The molecule has 1 aromatic heterocycles. The van der Waals surface area contributed by atoms with E-state index in [1.165, 1.54) is 12.5 Å². The quantitative estimate of drug-likeness (QED) is 0.0167. The highest BCUT2D eigenvalue weighted by molar-refractivity contribution is 5.97.